The van der Waals surface area contributed by atoms with Gasteiger partial charge >= 0.3 is 0 Å². The van der Waals surface area contributed by atoms with Crippen molar-refractivity contribution in [1.82, 2.24) is 9.21 Å². The number of hydrogen-bond donors (Lipinski definition) is 1. The van der Waals surface area contributed by atoms with Crippen LogP contribution in [0.2, 0.25) is 0 Å². The molecule has 28 heavy (non-hydrogen) atoms. The summed E-state index contributed by atoms with van der Waals surface area (Å²) in [6.45, 7) is 5.38. The van der Waals surface area contributed by atoms with Gasteiger partial charge in [0.15, 0.2) is 18.0 Å². The first-order chi connectivity index (χ1) is 13.5. The highest BCUT2D eigenvalue weighted by molar-refractivity contribution is 7.89. The third-order valence-electron chi connectivity index (χ3n) is 5.65. The van der Waals surface area contributed by atoms with Gasteiger partial charge in [0.25, 0.3) is 5.91 Å². The van der Waals surface area contributed by atoms with Crippen molar-refractivity contribution < 1.29 is 27.6 Å². The second-order valence-corrected chi connectivity index (χ2v) is 9.52. The lowest BCUT2D eigenvalue weighted by atomic mass is 10.3. The number of benzene rings is 1. The van der Waals surface area contributed by atoms with Gasteiger partial charge in [0, 0.05) is 25.6 Å². The molecule has 0 unspecified atom stereocenters. The minimum absolute atomic E-state index is 0.187. The molecule has 4 rings (SSSR count). The largest absolute Gasteiger partial charge is 0.490 e. The van der Waals surface area contributed by atoms with Crippen molar-refractivity contribution in [2.75, 3.05) is 59.0 Å². The highest BCUT2D eigenvalue weighted by atomic mass is 32.2. The number of sulfonamides is 1. The molecule has 1 aromatic rings. The lowest BCUT2D eigenvalue weighted by Gasteiger charge is -2.32. The summed E-state index contributed by atoms with van der Waals surface area (Å²) in [6, 6.07) is 4.81. The Bertz CT molecular complexity index is 815. The molecule has 9 heteroatoms. The molecule has 1 N–H and O–H groups in total. The van der Waals surface area contributed by atoms with Gasteiger partial charge in [0.05, 0.1) is 44.3 Å². The molecule has 0 radical (unpaired) electrons. The van der Waals surface area contributed by atoms with Gasteiger partial charge in [-0.15, -0.1) is 0 Å². The van der Waals surface area contributed by atoms with E-state index in [-0.39, 0.29) is 10.8 Å². The first kappa shape index (κ1) is 19.5. The Labute approximate surface area is 166 Å². The summed E-state index contributed by atoms with van der Waals surface area (Å²) >= 11 is 0. The van der Waals surface area contributed by atoms with Gasteiger partial charge in [-0.3, -0.25) is 4.79 Å². The van der Waals surface area contributed by atoms with E-state index < -0.39 is 10.0 Å². The van der Waals surface area contributed by atoms with Crippen molar-refractivity contribution in [3.05, 3.63) is 18.2 Å². The fourth-order valence-electron chi connectivity index (χ4n) is 3.96. The number of carbonyl (C=O) groups is 1. The molecular formula is C19H28N3O5S+. The number of nitrogens with one attached hydrogen (secondary N) is 1. The van der Waals surface area contributed by atoms with Crippen LogP contribution < -0.4 is 14.4 Å². The summed E-state index contributed by atoms with van der Waals surface area (Å²) in [5, 5.41) is 0. The zero-order valence-corrected chi connectivity index (χ0v) is 16.9. The normalized spacial score (nSPS) is 21.5. The molecule has 0 saturated carbocycles. The molecule has 2 saturated heterocycles. The number of carbonyl (C=O) groups excluding carboxylic acids is 1. The predicted molar refractivity (Wildman–Crippen MR) is 102 cm³/mol. The van der Waals surface area contributed by atoms with Gasteiger partial charge in [-0.25, -0.2) is 8.42 Å². The SMILES string of the molecule is O=C(C[NH+]1CCN(S(=O)(=O)c2ccc3c(c2)OCCCO3)CC1)N1CCCC1. The second-order valence-electron chi connectivity index (χ2n) is 7.58. The maximum atomic E-state index is 13.0. The summed E-state index contributed by atoms with van der Waals surface area (Å²) in [5.74, 6) is 1.26. The predicted octanol–water partition coefficient (Wildman–Crippen LogP) is -0.640. The van der Waals surface area contributed by atoms with Crippen molar-refractivity contribution in [2.24, 2.45) is 0 Å². The van der Waals surface area contributed by atoms with Crippen LogP contribution in [0.5, 0.6) is 11.5 Å². The standard InChI is InChI=1S/C19H27N3O5S/c23-19(21-6-1-2-7-21)15-20-8-10-22(11-9-20)28(24,25)16-4-5-17-18(14-16)27-13-3-12-26-17/h4-5,14H,1-3,6-13,15H2/p+1. The Kier molecular flexibility index (Phi) is 5.75. The molecule has 8 nitrogen and oxygen atoms in total. The highest BCUT2D eigenvalue weighted by Gasteiger charge is 2.33. The van der Waals surface area contributed by atoms with Crippen LogP contribution in [0.15, 0.2) is 23.1 Å². The van der Waals surface area contributed by atoms with Crippen LogP contribution in [0.25, 0.3) is 0 Å². The number of hydrogen-bond acceptors (Lipinski definition) is 5. The van der Waals surface area contributed by atoms with Crippen molar-refractivity contribution in [3.63, 3.8) is 0 Å². The third kappa shape index (κ3) is 4.11. The van der Waals surface area contributed by atoms with E-state index in [1.807, 2.05) is 4.90 Å². The van der Waals surface area contributed by atoms with E-state index in [0.717, 1.165) is 37.3 Å². The molecule has 154 valence electrons. The molecule has 0 aromatic heterocycles. The number of nitrogens with zero attached hydrogens (tertiary/aromatic N) is 2. The Hall–Kier alpha value is -1.84. The smallest absolute Gasteiger partial charge is 0.277 e. The summed E-state index contributed by atoms with van der Waals surface area (Å²) < 4.78 is 38.8. The average Bonchev–Trinajstić information content (AvgIpc) is 3.14. The molecule has 2 fully saturated rings. The van der Waals surface area contributed by atoms with Crippen LogP contribution in [0, 0.1) is 0 Å². The minimum atomic E-state index is -3.59. The summed E-state index contributed by atoms with van der Waals surface area (Å²) in [5.41, 5.74) is 0. The third-order valence-corrected chi connectivity index (χ3v) is 7.54. The maximum Gasteiger partial charge on any atom is 0.277 e. The van der Waals surface area contributed by atoms with Gasteiger partial charge in [-0.05, 0) is 25.0 Å². The molecule has 1 aromatic carbocycles. The first-order valence-electron chi connectivity index (χ1n) is 10.1. The zero-order chi connectivity index (χ0) is 19.6. The van der Waals surface area contributed by atoms with Crippen LogP contribution in [0.4, 0.5) is 0 Å². The molecule has 0 aliphatic carbocycles. The number of fused-ring (bicyclic) bond motifs is 1. The van der Waals surface area contributed by atoms with Crippen LogP contribution >= 0.6 is 0 Å². The maximum absolute atomic E-state index is 13.0. The number of ether oxygens (including phenoxy) is 2. The van der Waals surface area contributed by atoms with Gasteiger partial charge in [-0.2, -0.15) is 4.31 Å². The number of rotatable bonds is 4. The number of piperazine rings is 1. The molecule has 3 aliphatic rings. The zero-order valence-electron chi connectivity index (χ0n) is 16.1. The number of likely N-dealkylation sites (tertiary alicyclic amines) is 1. The first-order valence-corrected chi connectivity index (χ1v) is 11.5. The monoisotopic (exact) mass is 410 g/mol. The van der Waals surface area contributed by atoms with Crippen molar-refractivity contribution in [1.29, 1.82) is 0 Å². The second kappa shape index (κ2) is 8.26. The Balaban J connectivity index is 1.38. The van der Waals surface area contributed by atoms with E-state index in [1.54, 1.807) is 18.2 Å². The quantitative estimate of drug-likeness (QED) is 0.714. The summed E-state index contributed by atoms with van der Waals surface area (Å²) in [4.78, 5) is 15.6. The highest BCUT2D eigenvalue weighted by Crippen LogP contribution is 2.32. The summed E-state index contributed by atoms with van der Waals surface area (Å²) in [7, 11) is -3.59. The fourth-order valence-corrected chi connectivity index (χ4v) is 5.42. The van der Waals surface area contributed by atoms with E-state index in [2.05, 4.69) is 0 Å². The molecule has 0 atom stereocenters. The van der Waals surface area contributed by atoms with Crippen molar-refractivity contribution in [2.45, 2.75) is 24.2 Å². The lowest BCUT2D eigenvalue weighted by Crippen LogP contribution is -3.15. The molecule has 0 spiro atoms. The number of amides is 1. The molecule has 1 amide bonds. The fraction of sp³-hybridized carbons (Fsp3) is 0.632. The van der Waals surface area contributed by atoms with Gasteiger partial charge in [0.2, 0.25) is 10.0 Å². The molecular weight excluding hydrogens is 382 g/mol. The van der Waals surface area contributed by atoms with Gasteiger partial charge in [0.1, 0.15) is 0 Å². The van der Waals surface area contributed by atoms with Crippen LogP contribution in [0.3, 0.4) is 0 Å². The summed E-state index contributed by atoms with van der Waals surface area (Å²) in [6.07, 6.45) is 2.95. The van der Waals surface area contributed by atoms with E-state index in [0.29, 0.717) is 57.4 Å². The van der Waals surface area contributed by atoms with E-state index in [1.165, 1.54) is 4.31 Å². The number of quaternary nitrogens is 1. The van der Waals surface area contributed by atoms with Crippen LogP contribution in [-0.4, -0.2) is 82.6 Å². The Morgan fingerprint density at radius 1 is 0.964 bits per heavy atom. The Morgan fingerprint density at radius 3 is 2.36 bits per heavy atom. The van der Waals surface area contributed by atoms with E-state index in [4.69, 9.17) is 9.47 Å². The molecule has 0 bridgehead atoms. The van der Waals surface area contributed by atoms with Crippen LogP contribution in [0.1, 0.15) is 19.3 Å². The van der Waals surface area contributed by atoms with Gasteiger partial charge in [-0.1, -0.05) is 0 Å². The Morgan fingerprint density at radius 2 is 1.64 bits per heavy atom. The topological polar surface area (TPSA) is 80.6 Å². The lowest BCUT2D eigenvalue weighted by molar-refractivity contribution is -0.896. The molecule has 3 heterocycles. The average molecular weight is 411 g/mol. The van der Waals surface area contributed by atoms with Crippen molar-refractivity contribution >= 4 is 15.9 Å². The van der Waals surface area contributed by atoms with Crippen LogP contribution in [-0.2, 0) is 14.8 Å². The van der Waals surface area contributed by atoms with Crippen molar-refractivity contribution in [3.8, 4) is 11.5 Å². The van der Waals surface area contributed by atoms with Gasteiger partial charge < -0.3 is 19.3 Å². The van der Waals surface area contributed by atoms with E-state index >= 15 is 0 Å². The van der Waals surface area contributed by atoms with E-state index in [9.17, 15) is 13.2 Å². The molecule has 3 aliphatic heterocycles. The minimum Gasteiger partial charge on any atom is -0.490 e.